The second kappa shape index (κ2) is 8.58. The molecule has 0 aliphatic carbocycles. The third-order valence-electron chi connectivity index (χ3n) is 1.87. The quantitative estimate of drug-likeness (QED) is 0.486. The van der Waals surface area contributed by atoms with Crippen LogP contribution in [0.5, 0.6) is 0 Å². The van der Waals surface area contributed by atoms with Gasteiger partial charge in [-0.2, -0.15) is 0 Å². The molecule has 0 aromatic rings. The van der Waals surface area contributed by atoms with Gasteiger partial charge in [-0.15, -0.1) is 11.8 Å². The Morgan fingerprint density at radius 3 is 2.79 bits per heavy atom. The molecule has 0 aromatic carbocycles. The summed E-state index contributed by atoms with van der Waals surface area (Å²) < 4.78 is 0. The van der Waals surface area contributed by atoms with Gasteiger partial charge in [-0.05, 0) is 13.5 Å². The van der Waals surface area contributed by atoms with Crippen molar-refractivity contribution >= 4 is 5.91 Å². The van der Waals surface area contributed by atoms with Gasteiger partial charge in [0.05, 0.1) is 0 Å². The smallest absolute Gasteiger partial charge is 0.224 e. The maximum atomic E-state index is 11.4. The Morgan fingerprint density at radius 2 is 2.21 bits per heavy atom. The lowest BCUT2D eigenvalue weighted by atomic mass is 10.1. The van der Waals surface area contributed by atoms with Crippen LogP contribution >= 0.6 is 0 Å². The Kier molecular flexibility index (Phi) is 7.96. The van der Waals surface area contributed by atoms with Gasteiger partial charge in [-0.1, -0.05) is 13.8 Å². The molecular weight excluding hydrogens is 176 g/mol. The first-order valence-electron chi connectivity index (χ1n) is 5.10. The highest BCUT2D eigenvalue weighted by molar-refractivity contribution is 5.78. The molecule has 0 spiro atoms. The van der Waals surface area contributed by atoms with Gasteiger partial charge in [0.25, 0.3) is 0 Å². The van der Waals surface area contributed by atoms with Gasteiger partial charge < -0.3 is 10.6 Å². The third kappa shape index (κ3) is 6.50. The molecule has 0 heterocycles. The van der Waals surface area contributed by atoms with E-state index < -0.39 is 0 Å². The molecule has 14 heavy (non-hydrogen) atoms. The Hall–Kier alpha value is -1.01. The zero-order valence-electron chi connectivity index (χ0n) is 9.31. The van der Waals surface area contributed by atoms with Crippen molar-refractivity contribution in [2.24, 2.45) is 5.92 Å². The van der Waals surface area contributed by atoms with Crippen molar-refractivity contribution in [1.82, 2.24) is 10.6 Å². The van der Waals surface area contributed by atoms with Crippen LogP contribution in [0.1, 0.15) is 27.2 Å². The van der Waals surface area contributed by atoms with Crippen LogP contribution in [-0.2, 0) is 4.79 Å². The molecule has 2 N–H and O–H groups in total. The first-order chi connectivity index (χ1) is 6.72. The summed E-state index contributed by atoms with van der Waals surface area (Å²) >= 11 is 0. The molecule has 1 amide bonds. The number of rotatable bonds is 6. The molecule has 0 bridgehead atoms. The lowest BCUT2D eigenvalue weighted by Gasteiger charge is -2.11. The largest absolute Gasteiger partial charge is 0.355 e. The van der Waals surface area contributed by atoms with E-state index in [1.807, 2.05) is 13.8 Å². The molecule has 0 saturated carbocycles. The third-order valence-corrected chi connectivity index (χ3v) is 1.87. The Labute approximate surface area is 86.6 Å². The minimum atomic E-state index is 0.0320. The van der Waals surface area contributed by atoms with Crippen molar-refractivity contribution in [3.05, 3.63) is 0 Å². The van der Waals surface area contributed by atoms with Crippen LogP contribution in [0.15, 0.2) is 0 Å². The van der Waals surface area contributed by atoms with Gasteiger partial charge in [-0.3, -0.25) is 4.79 Å². The van der Waals surface area contributed by atoms with E-state index in [2.05, 4.69) is 22.5 Å². The lowest BCUT2D eigenvalue weighted by Crippen LogP contribution is -2.35. The maximum absolute atomic E-state index is 11.4. The van der Waals surface area contributed by atoms with Crippen LogP contribution in [0, 0.1) is 17.8 Å². The number of amides is 1. The molecule has 3 heteroatoms. The van der Waals surface area contributed by atoms with Gasteiger partial charge in [0.1, 0.15) is 0 Å². The second-order valence-corrected chi connectivity index (χ2v) is 3.18. The molecule has 1 unspecified atom stereocenters. The van der Waals surface area contributed by atoms with Gasteiger partial charge in [0.2, 0.25) is 5.91 Å². The van der Waals surface area contributed by atoms with E-state index >= 15 is 0 Å². The summed E-state index contributed by atoms with van der Waals surface area (Å²) in [6.07, 6.45) is 0.732. The van der Waals surface area contributed by atoms with E-state index in [4.69, 9.17) is 0 Å². The van der Waals surface area contributed by atoms with E-state index in [0.29, 0.717) is 6.54 Å². The maximum Gasteiger partial charge on any atom is 0.224 e. The normalized spacial score (nSPS) is 11.4. The highest BCUT2D eigenvalue weighted by Gasteiger charge is 2.10. The molecule has 0 rings (SSSR count). The predicted molar refractivity (Wildman–Crippen MR) is 58.8 cm³/mol. The second-order valence-electron chi connectivity index (χ2n) is 3.18. The van der Waals surface area contributed by atoms with E-state index in [0.717, 1.165) is 19.5 Å². The average molecular weight is 196 g/mol. The van der Waals surface area contributed by atoms with Crippen molar-refractivity contribution < 1.29 is 4.79 Å². The minimum Gasteiger partial charge on any atom is -0.355 e. The number of hydrogen-bond donors (Lipinski definition) is 2. The van der Waals surface area contributed by atoms with Crippen molar-refractivity contribution in [3.63, 3.8) is 0 Å². The van der Waals surface area contributed by atoms with E-state index in [-0.39, 0.29) is 11.8 Å². The minimum absolute atomic E-state index is 0.0320. The van der Waals surface area contributed by atoms with Gasteiger partial charge >= 0.3 is 0 Å². The summed E-state index contributed by atoms with van der Waals surface area (Å²) in [4.78, 5) is 11.4. The summed E-state index contributed by atoms with van der Waals surface area (Å²) in [6.45, 7) is 8.04. The molecular formula is C11H20N2O. The molecule has 0 aliphatic heterocycles. The van der Waals surface area contributed by atoms with Crippen LogP contribution in [-0.4, -0.2) is 25.5 Å². The summed E-state index contributed by atoms with van der Waals surface area (Å²) in [5.41, 5.74) is 0. The Morgan fingerprint density at radius 1 is 1.50 bits per heavy atom. The van der Waals surface area contributed by atoms with E-state index in [1.54, 1.807) is 6.92 Å². The zero-order valence-corrected chi connectivity index (χ0v) is 9.31. The lowest BCUT2D eigenvalue weighted by molar-refractivity contribution is -0.124. The molecule has 3 nitrogen and oxygen atoms in total. The molecule has 0 radical (unpaired) electrons. The fourth-order valence-electron chi connectivity index (χ4n) is 1.00. The monoisotopic (exact) mass is 196 g/mol. The molecule has 0 saturated heterocycles. The average Bonchev–Trinajstić information content (AvgIpc) is 2.20. The summed E-state index contributed by atoms with van der Waals surface area (Å²) in [6, 6.07) is 0. The molecule has 0 fully saturated rings. The van der Waals surface area contributed by atoms with Crippen LogP contribution in [0.3, 0.4) is 0 Å². The first kappa shape index (κ1) is 13.0. The highest BCUT2D eigenvalue weighted by Crippen LogP contribution is 1.91. The first-order valence-corrected chi connectivity index (χ1v) is 5.10. The molecule has 80 valence electrons. The summed E-state index contributed by atoms with van der Waals surface area (Å²) in [5.74, 6) is 5.83. The van der Waals surface area contributed by atoms with Crippen LogP contribution in [0.25, 0.3) is 0 Å². The van der Waals surface area contributed by atoms with Crippen molar-refractivity contribution in [2.45, 2.75) is 27.2 Å². The molecule has 0 aliphatic rings. The van der Waals surface area contributed by atoms with Gasteiger partial charge in [0, 0.05) is 25.4 Å². The summed E-state index contributed by atoms with van der Waals surface area (Å²) in [7, 11) is 0. The molecule has 1 atom stereocenters. The standard InChI is InChI=1S/C11H20N2O/c1-4-6-7-8-13-11(14)10(3)9-12-5-2/h10,12H,5,7-9H2,1-3H3,(H,13,14). The number of hydrogen-bond acceptors (Lipinski definition) is 2. The zero-order chi connectivity index (χ0) is 10.8. The van der Waals surface area contributed by atoms with E-state index in [1.165, 1.54) is 0 Å². The van der Waals surface area contributed by atoms with Crippen molar-refractivity contribution in [1.29, 1.82) is 0 Å². The Bertz CT molecular complexity index is 215. The predicted octanol–water partition coefficient (Wildman–Crippen LogP) is 0.762. The summed E-state index contributed by atoms with van der Waals surface area (Å²) in [5, 5.41) is 5.99. The van der Waals surface area contributed by atoms with Crippen LogP contribution in [0.4, 0.5) is 0 Å². The SMILES string of the molecule is CC#CCCNC(=O)C(C)CNCC. The molecule has 0 aromatic heterocycles. The highest BCUT2D eigenvalue weighted by atomic mass is 16.1. The van der Waals surface area contributed by atoms with Gasteiger partial charge in [0.15, 0.2) is 0 Å². The fraction of sp³-hybridized carbons (Fsp3) is 0.727. The van der Waals surface area contributed by atoms with Crippen LogP contribution < -0.4 is 10.6 Å². The van der Waals surface area contributed by atoms with E-state index in [9.17, 15) is 4.79 Å². The number of nitrogens with one attached hydrogen (secondary N) is 2. The van der Waals surface area contributed by atoms with Crippen molar-refractivity contribution in [2.75, 3.05) is 19.6 Å². The van der Waals surface area contributed by atoms with Crippen LogP contribution in [0.2, 0.25) is 0 Å². The Balaban J connectivity index is 3.54. The van der Waals surface area contributed by atoms with Crippen molar-refractivity contribution in [3.8, 4) is 11.8 Å². The number of carbonyl (C=O) groups excluding carboxylic acids is 1. The topological polar surface area (TPSA) is 41.1 Å². The fourth-order valence-corrected chi connectivity index (χ4v) is 1.00. The van der Waals surface area contributed by atoms with Gasteiger partial charge in [-0.25, -0.2) is 0 Å². The number of carbonyl (C=O) groups is 1.